The highest BCUT2D eigenvalue weighted by molar-refractivity contribution is 7.99. The maximum absolute atomic E-state index is 12.2. The molecule has 0 saturated carbocycles. The van der Waals surface area contributed by atoms with Crippen LogP contribution >= 0.6 is 23.1 Å². The third-order valence-electron chi connectivity index (χ3n) is 6.27. The fourth-order valence-electron chi connectivity index (χ4n) is 4.33. The molecule has 2 aromatic carbocycles. The summed E-state index contributed by atoms with van der Waals surface area (Å²) in [6.07, 6.45) is -0.547. The molecule has 0 saturated heterocycles. The lowest BCUT2D eigenvalue weighted by atomic mass is 9.85. The summed E-state index contributed by atoms with van der Waals surface area (Å²) >= 11 is 3.35. The number of benzene rings is 2. The number of thioether (sulfide) groups is 1. The number of carbonyl (C=O) groups is 1. The molecule has 2 heterocycles. The molecule has 0 aliphatic rings. The first kappa shape index (κ1) is 27.9. The van der Waals surface area contributed by atoms with Gasteiger partial charge >= 0.3 is 6.09 Å². The van der Waals surface area contributed by atoms with Gasteiger partial charge in [-0.15, -0.1) is 33.3 Å². The van der Waals surface area contributed by atoms with E-state index in [1.807, 2.05) is 17.8 Å². The molecule has 0 unspecified atom stereocenters. The quantitative estimate of drug-likeness (QED) is 0.220. The minimum atomic E-state index is -0.547. The second-order valence-corrected chi connectivity index (χ2v) is 13.1. The summed E-state index contributed by atoms with van der Waals surface area (Å²) in [6.45, 7) is 15.7. The summed E-state index contributed by atoms with van der Waals surface area (Å²) in [4.78, 5) is 14.6. The van der Waals surface area contributed by atoms with Crippen molar-refractivity contribution < 1.29 is 9.53 Å². The van der Waals surface area contributed by atoms with Crippen molar-refractivity contribution in [1.29, 1.82) is 0 Å². The van der Waals surface area contributed by atoms with Crippen LogP contribution in [-0.2, 0) is 12.0 Å². The molecule has 0 aliphatic heterocycles. The Morgan fingerprint density at radius 2 is 1.76 bits per heavy atom. The average molecular weight is 550 g/mol. The second-order valence-electron chi connectivity index (χ2n) is 10.8. The maximum atomic E-state index is 12.2. The Balaban J connectivity index is 1.47. The van der Waals surface area contributed by atoms with E-state index in [-0.39, 0.29) is 17.2 Å². The molecule has 4 rings (SSSR count). The Bertz CT molecular complexity index is 1350. The zero-order valence-corrected chi connectivity index (χ0v) is 24.6. The van der Waals surface area contributed by atoms with Gasteiger partial charge in [0.1, 0.15) is 0 Å². The molecule has 1 atom stereocenters. The topological polar surface area (TPSA) is 92.8 Å². The first-order chi connectivity index (χ1) is 18.0. The van der Waals surface area contributed by atoms with Crippen molar-refractivity contribution in [3.63, 3.8) is 0 Å². The smallest absolute Gasteiger partial charge is 0.399 e. The van der Waals surface area contributed by atoms with Crippen LogP contribution < -0.4 is 10.1 Å². The van der Waals surface area contributed by atoms with Gasteiger partial charge in [0.05, 0.1) is 6.54 Å². The molecule has 38 heavy (non-hydrogen) atoms. The number of thiophene rings is 1. The summed E-state index contributed by atoms with van der Waals surface area (Å²) in [5, 5.41) is 16.9. The van der Waals surface area contributed by atoms with Crippen molar-refractivity contribution in [1.82, 2.24) is 25.9 Å². The van der Waals surface area contributed by atoms with Crippen LogP contribution in [0.3, 0.4) is 0 Å². The lowest BCUT2D eigenvalue weighted by Crippen LogP contribution is -2.26. The molecular formula is C29H35N5O2S2. The van der Waals surface area contributed by atoms with Crippen molar-refractivity contribution in [3.8, 4) is 16.2 Å². The van der Waals surface area contributed by atoms with E-state index in [2.05, 4.69) is 117 Å². The SMILES string of the molecule is Cc1cc(S[C@@H](c2ccc(OC(=O)NCc3nn[nH]n3)s2)C(C)C)cc(C)c1-c1ccc(C(C)(C)C)cc1. The lowest BCUT2D eigenvalue weighted by molar-refractivity contribution is 0.201. The highest BCUT2D eigenvalue weighted by Crippen LogP contribution is 2.46. The molecule has 2 N–H and O–H groups in total. The van der Waals surface area contributed by atoms with Crippen LogP contribution in [0, 0.1) is 19.8 Å². The zero-order chi connectivity index (χ0) is 27.4. The van der Waals surface area contributed by atoms with Gasteiger partial charge in [0.15, 0.2) is 10.9 Å². The van der Waals surface area contributed by atoms with Crippen molar-refractivity contribution in [2.45, 2.75) is 70.6 Å². The number of aryl methyl sites for hydroxylation is 2. The molecule has 4 aromatic rings. The van der Waals surface area contributed by atoms with E-state index in [0.29, 0.717) is 16.8 Å². The third-order valence-corrected chi connectivity index (χ3v) is 9.03. The molecule has 200 valence electrons. The molecule has 0 radical (unpaired) electrons. The number of H-pyrrole nitrogens is 1. The highest BCUT2D eigenvalue weighted by atomic mass is 32.2. The Labute approximate surface area is 232 Å². The number of rotatable bonds is 8. The molecule has 9 heteroatoms. The number of hydrogen-bond acceptors (Lipinski definition) is 7. The molecule has 7 nitrogen and oxygen atoms in total. The lowest BCUT2D eigenvalue weighted by Gasteiger charge is -2.21. The summed E-state index contributed by atoms with van der Waals surface area (Å²) in [7, 11) is 0. The Morgan fingerprint density at radius 3 is 2.34 bits per heavy atom. The number of aromatic nitrogens is 4. The van der Waals surface area contributed by atoms with Crippen LogP contribution in [0.25, 0.3) is 11.1 Å². The molecule has 0 bridgehead atoms. The van der Waals surface area contributed by atoms with Crippen LogP contribution in [0.5, 0.6) is 5.06 Å². The normalized spacial score (nSPS) is 12.5. The van der Waals surface area contributed by atoms with Gasteiger partial charge in [0, 0.05) is 15.0 Å². The van der Waals surface area contributed by atoms with Gasteiger partial charge in [0.2, 0.25) is 0 Å². The molecule has 0 spiro atoms. The van der Waals surface area contributed by atoms with Crippen molar-refractivity contribution in [2.75, 3.05) is 0 Å². The Morgan fingerprint density at radius 1 is 1.08 bits per heavy atom. The van der Waals surface area contributed by atoms with Gasteiger partial charge in [-0.3, -0.25) is 0 Å². The minimum absolute atomic E-state index is 0.140. The number of nitrogens with zero attached hydrogens (tertiary/aromatic N) is 3. The molecule has 2 aromatic heterocycles. The first-order valence-corrected chi connectivity index (χ1v) is 14.4. The fourth-order valence-corrected chi connectivity index (χ4v) is 6.88. The Hall–Kier alpha value is -3.17. The average Bonchev–Trinajstić information content (AvgIpc) is 3.53. The van der Waals surface area contributed by atoms with Gasteiger partial charge in [-0.05, 0) is 77.3 Å². The Kier molecular flexibility index (Phi) is 8.57. The van der Waals surface area contributed by atoms with Gasteiger partial charge in [-0.2, -0.15) is 5.21 Å². The van der Waals surface area contributed by atoms with Gasteiger partial charge in [-0.1, -0.05) is 64.1 Å². The minimum Gasteiger partial charge on any atom is -0.399 e. The number of amides is 1. The number of carbonyl (C=O) groups excluding carboxylic acids is 1. The summed E-state index contributed by atoms with van der Waals surface area (Å²) < 4.78 is 5.48. The predicted octanol–water partition coefficient (Wildman–Crippen LogP) is 7.62. The standard InChI is InChI=1S/C29H35N5O2S2/c1-17(2)27(23-12-13-25(38-23)36-28(35)30-16-24-31-33-34-32-24)37-22-14-18(3)26(19(4)15-22)20-8-10-21(11-9-20)29(5,6)7/h8-15,17,27H,16H2,1-7H3,(H,30,35)(H,31,32,33,34)/t27-/m1/s1. The number of aromatic amines is 1. The van der Waals surface area contributed by atoms with Gasteiger partial charge in [0.25, 0.3) is 0 Å². The zero-order valence-electron chi connectivity index (χ0n) is 23.0. The first-order valence-electron chi connectivity index (χ1n) is 12.7. The summed E-state index contributed by atoms with van der Waals surface area (Å²) in [6, 6.07) is 17.4. The highest BCUT2D eigenvalue weighted by Gasteiger charge is 2.22. The van der Waals surface area contributed by atoms with Crippen LogP contribution in [0.4, 0.5) is 4.79 Å². The van der Waals surface area contributed by atoms with Crippen LogP contribution in [0.15, 0.2) is 53.4 Å². The van der Waals surface area contributed by atoms with E-state index in [0.717, 1.165) is 0 Å². The van der Waals surface area contributed by atoms with Gasteiger partial charge < -0.3 is 10.1 Å². The third kappa shape index (κ3) is 6.82. The maximum Gasteiger partial charge on any atom is 0.413 e. The van der Waals surface area contributed by atoms with E-state index in [1.54, 1.807) is 0 Å². The molecular weight excluding hydrogens is 514 g/mol. The van der Waals surface area contributed by atoms with E-state index in [9.17, 15) is 4.79 Å². The second kappa shape index (κ2) is 11.7. The number of ether oxygens (including phenoxy) is 1. The molecule has 1 amide bonds. The summed E-state index contributed by atoms with van der Waals surface area (Å²) in [5.41, 5.74) is 6.57. The van der Waals surface area contributed by atoms with Crippen molar-refractivity contribution in [3.05, 3.63) is 75.9 Å². The number of nitrogens with one attached hydrogen (secondary N) is 2. The van der Waals surface area contributed by atoms with Crippen LogP contribution in [0.1, 0.15) is 67.3 Å². The molecule has 0 fully saturated rings. The van der Waals surface area contributed by atoms with E-state index >= 15 is 0 Å². The molecule has 0 aliphatic carbocycles. The van der Waals surface area contributed by atoms with E-state index in [1.165, 1.54) is 48.9 Å². The van der Waals surface area contributed by atoms with Crippen LogP contribution in [-0.4, -0.2) is 26.7 Å². The monoisotopic (exact) mass is 549 g/mol. The largest absolute Gasteiger partial charge is 0.413 e. The number of tetrazole rings is 1. The van der Waals surface area contributed by atoms with Crippen LogP contribution in [0.2, 0.25) is 0 Å². The van der Waals surface area contributed by atoms with Crippen molar-refractivity contribution in [2.24, 2.45) is 5.92 Å². The summed E-state index contributed by atoms with van der Waals surface area (Å²) in [5.74, 6) is 0.785. The predicted molar refractivity (Wildman–Crippen MR) is 155 cm³/mol. The number of hydrogen-bond donors (Lipinski definition) is 2. The van der Waals surface area contributed by atoms with E-state index in [4.69, 9.17) is 4.74 Å². The van der Waals surface area contributed by atoms with Crippen molar-refractivity contribution >= 4 is 29.2 Å². The fraction of sp³-hybridized carbons (Fsp3) is 0.379. The van der Waals surface area contributed by atoms with E-state index < -0.39 is 6.09 Å². The van der Waals surface area contributed by atoms with Gasteiger partial charge in [-0.25, -0.2) is 4.79 Å².